The maximum Gasteiger partial charge on any atom is 0.325 e. The summed E-state index contributed by atoms with van der Waals surface area (Å²) < 4.78 is 17.2. The summed E-state index contributed by atoms with van der Waals surface area (Å²) >= 11 is 3.37. The monoisotopic (exact) mass is 458 g/mol. The Balaban J connectivity index is 1.34. The van der Waals surface area contributed by atoms with Crippen LogP contribution in [0, 0.1) is 0 Å². The number of nitrogens with one attached hydrogen (secondary N) is 2. The summed E-state index contributed by atoms with van der Waals surface area (Å²) in [6.07, 6.45) is 1.35. The lowest BCUT2D eigenvalue weighted by atomic mass is 10.2. The van der Waals surface area contributed by atoms with Gasteiger partial charge in [-0.3, -0.25) is 10.1 Å². The van der Waals surface area contributed by atoms with E-state index in [-0.39, 0.29) is 12.5 Å². The quantitative estimate of drug-likeness (QED) is 0.617. The van der Waals surface area contributed by atoms with Gasteiger partial charge in [0.25, 0.3) is 5.91 Å². The van der Waals surface area contributed by atoms with E-state index in [1.165, 1.54) is 6.33 Å². The van der Waals surface area contributed by atoms with Gasteiger partial charge in [-0.25, -0.2) is 14.8 Å². The van der Waals surface area contributed by atoms with E-state index in [0.717, 1.165) is 4.47 Å². The Kier molecular flexibility index (Phi) is 5.43. The number of fused-ring (bicyclic) bond motifs is 2. The van der Waals surface area contributed by atoms with Gasteiger partial charge >= 0.3 is 6.03 Å². The van der Waals surface area contributed by atoms with Gasteiger partial charge < -0.3 is 19.5 Å². The van der Waals surface area contributed by atoms with Crippen LogP contribution in [0.2, 0.25) is 0 Å². The van der Waals surface area contributed by atoms with Gasteiger partial charge in [0, 0.05) is 16.2 Å². The summed E-state index contributed by atoms with van der Waals surface area (Å²) in [4.78, 5) is 32.3. The van der Waals surface area contributed by atoms with E-state index >= 15 is 0 Å². The summed E-state index contributed by atoms with van der Waals surface area (Å²) in [5.74, 6) is 0.765. The molecule has 0 fully saturated rings. The number of hydrogen-bond acceptors (Lipinski definition) is 7. The van der Waals surface area contributed by atoms with Crippen molar-refractivity contribution >= 4 is 44.5 Å². The second-order valence-electron chi connectivity index (χ2n) is 5.99. The molecule has 0 atom stereocenters. The molecule has 1 aromatic heterocycles. The Labute approximate surface area is 173 Å². The molecule has 2 heterocycles. The molecule has 3 amide bonds. The molecule has 0 unspecified atom stereocenters. The predicted molar refractivity (Wildman–Crippen MR) is 107 cm³/mol. The van der Waals surface area contributed by atoms with Crippen molar-refractivity contribution in [2.24, 2.45) is 0 Å². The molecule has 0 saturated heterocycles. The predicted octanol–water partition coefficient (Wildman–Crippen LogP) is 2.89. The van der Waals surface area contributed by atoms with Gasteiger partial charge in [-0.1, -0.05) is 15.9 Å². The van der Waals surface area contributed by atoms with Gasteiger partial charge in [-0.05, 0) is 30.3 Å². The van der Waals surface area contributed by atoms with Crippen LogP contribution in [-0.2, 0) is 4.79 Å². The second kappa shape index (κ2) is 8.31. The lowest BCUT2D eigenvalue weighted by molar-refractivity contribution is -0.121. The van der Waals surface area contributed by atoms with Gasteiger partial charge in [0.05, 0.1) is 10.9 Å². The minimum absolute atomic E-state index is 0.249. The van der Waals surface area contributed by atoms with Crippen LogP contribution in [0.15, 0.2) is 47.2 Å². The summed E-state index contributed by atoms with van der Waals surface area (Å²) in [7, 11) is 0. The van der Waals surface area contributed by atoms with Crippen LogP contribution in [0.25, 0.3) is 10.9 Å². The number of rotatable bonds is 4. The average molecular weight is 459 g/mol. The molecule has 1 aliphatic heterocycles. The average Bonchev–Trinajstić information content (AvgIpc) is 2.72. The van der Waals surface area contributed by atoms with Crippen LogP contribution >= 0.6 is 15.9 Å². The van der Waals surface area contributed by atoms with Crippen LogP contribution in [-0.4, -0.2) is 41.7 Å². The molecule has 2 N–H and O–H groups in total. The van der Waals surface area contributed by atoms with Crippen LogP contribution in [0.3, 0.4) is 0 Å². The van der Waals surface area contributed by atoms with E-state index in [4.69, 9.17) is 14.2 Å². The highest BCUT2D eigenvalue weighted by Crippen LogP contribution is 2.32. The summed E-state index contributed by atoms with van der Waals surface area (Å²) in [6.45, 7) is 0.535. The van der Waals surface area contributed by atoms with Crippen LogP contribution in [0.5, 0.6) is 17.4 Å². The van der Waals surface area contributed by atoms with Gasteiger partial charge in [0.15, 0.2) is 18.1 Å². The van der Waals surface area contributed by atoms with Gasteiger partial charge in [0.2, 0.25) is 5.88 Å². The Morgan fingerprint density at radius 1 is 1.07 bits per heavy atom. The first kappa shape index (κ1) is 18.9. The minimum Gasteiger partial charge on any atom is -0.486 e. The van der Waals surface area contributed by atoms with E-state index < -0.39 is 11.9 Å². The smallest absolute Gasteiger partial charge is 0.325 e. The molecule has 0 aliphatic carbocycles. The number of carbonyl (C=O) groups is 2. The maximum atomic E-state index is 12.1. The number of ether oxygens (including phenoxy) is 3. The Bertz CT molecular complexity index is 1090. The maximum absolute atomic E-state index is 12.1. The largest absolute Gasteiger partial charge is 0.486 e. The number of nitrogens with zero attached hydrogens (tertiary/aromatic N) is 2. The van der Waals surface area contributed by atoms with Crippen molar-refractivity contribution in [1.82, 2.24) is 15.3 Å². The number of urea groups is 1. The molecule has 1 aliphatic rings. The molecule has 10 heteroatoms. The molecule has 9 nitrogen and oxygen atoms in total. The number of aromatic nitrogens is 2. The first-order valence-electron chi connectivity index (χ1n) is 8.62. The van der Waals surface area contributed by atoms with Gasteiger partial charge in [-0.2, -0.15) is 0 Å². The number of hydrogen-bond donors (Lipinski definition) is 2. The van der Waals surface area contributed by atoms with E-state index in [1.54, 1.807) is 30.3 Å². The molecule has 29 heavy (non-hydrogen) atoms. The molecular weight excluding hydrogens is 444 g/mol. The molecule has 0 saturated carbocycles. The van der Waals surface area contributed by atoms with Crippen LogP contribution in [0.4, 0.5) is 10.5 Å². The molecular formula is C19H15BrN4O5. The van der Waals surface area contributed by atoms with E-state index in [2.05, 4.69) is 36.5 Å². The fourth-order valence-corrected chi connectivity index (χ4v) is 3.06. The molecule has 148 valence electrons. The van der Waals surface area contributed by atoms with Crippen molar-refractivity contribution in [3.63, 3.8) is 0 Å². The normalized spacial score (nSPS) is 12.3. The SMILES string of the molecule is O=C(COc1ncnc2ccc(Br)cc12)NC(=O)Nc1ccc2c(c1)OCCO2. The minimum atomic E-state index is -0.689. The van der Waals surface area contributed by atoms with Gasteiger partial charge in [0.1, 0.15) is 19.5 Å². The summed E-state index contributed by atoms with van der Waals surface area (Å²) in [5, 5.41) is 5.41. The fourth-order valence-electron chi connectivity index (χ4n) is 2.70. The van der Waals surface area contributed by atoms with Crippen molar-refractivity contribution in [1.29, 1.82) is 0 Å². The van der Waals surface area contributed by atoms with E-state index in [0.29, 0.717) is 41.3 Å². The highest BCUT2D eigenvalue weighted by atomic mass is 79.9. The number of imide groups is 1. The number of anilines is 1. The van der Waals surface area contributed by atoms with E-state index in [1.807, 2.05) is 6.07 Å². The Hall–Kier alpha value is -3.40. The first-order chi connectivity index (χ1) is 14.1. The molecule has 0 radical (unpaired) electrons. The zero-order valence-electron chi connectivity index (χ0n) is 15.0. The number of amides is 3. The zero-order chi connectivity index (χ0) is 20.2. The highest BCUT2D eigenvalue weighted by Gasteiger charge is 2.14. The number of carbonyl (C=O) groups excluding carboxylic acids is 2. The highest BCUT2D eigenvalue weighted by molar-refractivity contribution is 9.10. The van der Waals surface area contributed by atoms with Crippen LogP contribution in [0.1, 0.15) is 0 Å². The van der Waals surface area contributed by atoms with Gasteiger partial charge in [-0.15, -0.1) is 0 Å². The third-order valence-corrected chi connectivity index (χ3v) is 4.45. The molecule has 3 aromatic rings. The lowest BCUT2D eigenvalue weighted by Gasteiger charge is -2.19. The number of benzene rings is 2. The summed E-state index contributed by atoms with van der Waals surface area (Å²) in [6, 6.07) is 9.71. The molecule has 0 spiro atoms. The fraction of sp³-hybridized carbons (Fsp3) is 0.158. The second-order valence-corrected chi connectivity index (χ2v) is 6.91. The topological polar surface area (TPSA) is 112 Å². The van der Waals surface area contributed by atoms with Crippen LogP contribution < -0.4 is 24.8 Å². The third-order valence-electron chi connectivity index (χ3n) is 3.95. The number of halogens is 1. The van der Waals surface area contributed by atoms with Crippen molar-refractivity contribution < 1.29 is 23.8 Å². The molecule has 2 aromatic carbocycles. The third kappa shape index (κ3) is 4.54. The Morgan fingerprint density at radius 2 is 1.90 bits per heavy atom. The van der Waals surface area contributed by atoms with Crippen molar-refractivity contribution in [3.8, 4) is 17.4 Å². The first-order valence-corrected chi connectivity index (χ1v) is 9.41. The van der Waals surface area contributed by atoms with Crippen molar-refractivity contribution in [3.05, 3.63) is 47.2 Å². The van der Waals surface area contributed by atoms with Crippen molar-refractivity contribution in [2.45, 2.75) is 0 Å². The van der Waals surface area contributed by atoms with E-state index in [9.17, 15) is 9.59 Å². The molecule has 0 bridgehead atoms. The lowest BCUT2D eigenvalue weighted by Crippen LogP contribution is -2.37. The zero-order valence-corrected chi connectivity index (χ0v) is 16.6. The Morgan fingerprint density at radius 3 is 2.76 bits per heavy atom. The van der Waals surface area contributed by atoms with Crippen molar-refractivity contribution in [2.75, 3.05) is 25.1 Å². The standard InChI is InChI=1S/C19H15BrN4O5/c20-11-1-3-14-13(7-11)18(22-10-21-14)29-9-17(25)24-19(26)23-12-2-4-15-16(8-12)28-6-5-27-15/h1-4,7-8,10H,5-6,9H2,(H2,23,24,25,26). The summed E-state index contributed by atoms with van der Waals surface area (Å²) in [5.41, 5.74) is 1.14. The molecule has 4 rings (SSSR count).